The molecule has 88 valence electrons. The fourth-order valence-electron chi connectivity index (χ4n) is 2.40. The fraction of sp³-hybridized carbons (Fsp3) is 0.615. The van der Waals surface area contributed by atoms with E-state index in [9.17, 15) is 0 Å². The molecule has 0 aromatic carbocycles. The van der Waals surface area contributed by atoms with Gasteiger partial charge in [-0.25, -0.2) is 4.98 Å². The van der Waals surface area contributed by atoms with Gasteiger partial charge in [-0.2, -0.15) is 0 Å². The van der Waals surface area contributed by atoms with Gasteiger partial charge in [-0.1, -0.05) is 37.4 Å². The highest BCUT2D eigenvalue weighted by Gasteiger charge is 2.20. The molecule has 1 fully saturated rings. The first-order valence-corrected chi connectivity index (χ1v) is 6.48. The molecule has 2 nitrogen and oxygen atoms in total. The van der Waals surface area contributed by atoms with Gasteiger partial charge in [0.2, 0.25) is 0 Å². The maximum absolute atomic E-state index is 5.86. The third kappa shape index (κ3) is 3.19. The Morgan fingerprint density at radius 1 is 1.38 bits per heavy atom. The maximum Gasteiger partial charge on any atom is 0.129 e. The zero-order valence-electron chi connectivity index (χ0n) is 9.75. The largest absolute Gasteiger partial charge is 0.308 e. The quantitative estimate of drug-likeness (QED) is 0.817. The monoisotopic (exact) mass is 238 g/mol. The highest BCUT2D eigenvalue weighted by molar-refractivity contribution is 6.29. The van der Waals surface area contributed by atoms with Crippen LogP contribution < -0.4 is 5.32 Å². The van der Waals surface area contributed by atoms with Crippen molar-refractivity contribution in [3.63, 3.8) is 0 Å². The second kappa shape index (κ2) is 5.65. The Hall–Kier alpha value is -0.600. The summed E-state index contributed by atoms with van der Waals surface area (Å²) in [6, 6.07) is 6.44. The number of hydrogen-bond acceptors (Lipinski definition) is 2. The Kier molecular flexibility index (Phi) is 4.19. The standard InChI is InChI=1S/C13H19ClN2/c1-10-5-2-3-7-12(10)15-9-11-6-4-8-13(14)16-11/h4,6,8,10,12,15H,2-3,5,7,9H2,1H3/t10-,12-/m0/s1. The number of aromatic nitrogens is 1. The molecule has 0 aliphatic heterocycles. The normalized spacial score (nSPS) is 25.6. The minimum atomic E-state index is 0.580. The first kappa shape index (κ1) is 11.9. The third-order valence-corrected chi connectivity index (χ3v) is 3.64. The molecule has 1 N–H and O–H groups in total. The topological polar surface area (TPSA) is 24.9 Å². The number of nitrogens with one attached hydrogen (secondary N) is 1. The molecule has 2 rings (SSSR count). The second-order valence-corrected chi connectivity index (χ2v) is 5.09. The molecule has 2 atom stereocenters. The number of nitrogens with zero attached hydrogens (tertiary/aromatic N) is 1. The van der Waals surface area contributed by atoms with Crippen LogP contribution in [0.25, 0.3) is 0 Å². The Morgan fingerprint density at radius 2 is 2.19 bits per heavy atom. The van der Waals surface area contributed by atoms with E-state index in [0.29, 0.717) is 11.2 Å². The van der Waals surface area contributed by atoms with E-state index < -0.39 is 0 Å². The van der Waals surface area contributed by atoms with E-state index in [4.69, 9.17) is 11.6 Å². The van der Waals surface area contributed by atoms with Gasteiger partial charge in [0, 0.05) is 12.6 Å². The summed E-state index contributed by atoms with van der Waals surface area (Å²) in [5.41, 5.74) is 1.03. The van der Waals surface area contributed by atoms with E-state index in [1.54, 1.807) is 0 Å². The van der Waals surface area contributed by atoms with Crippen LogP contribution in [0, 0.1) is 5.92 Å². The van der Waals surface area contributed by atoms with Crippen LogP contribution in [0.2, 0.25) is 5.15 Å². The van der Waals surface area contributed by atoms with Crippen LogP contribution in [0.4, 0.5) is 0 Å². The van der Waals surface area contributed by atoms with Crippen molar-refractivity contribution in [1.82, 2.24) is 10.3 Å². The molecule has 0 saturated heterocycles. The number of halogens is 1. The van der Waals surface area contributed by atoms with Crippen molar-refractivity contribution in [3.05, 3.63) is 29.0 Å². The van der Waals surface area contributed by atoms with Crippen molar-refractivity contribution >= 4 is 11.6 Å². The minimum Gasteiger partial charge on any atom is -0.308 e. The molecule has 16 heavy (non-hydrogen) atoms. The lowest BCUT2D eigenvalue weighted by atomic mass is 9.86. The van der Waals surface area contributed by atoms with Crippen LogP contribution in [0.3, 0.4) is 0 Å². The Bertz CT molecular complexity index is 340. The lowest BCUT2D eigenvalue weighted by Crippen LogP contribution is -2.36. The molecular formula is C13H19ClN2. The van der Waals surface area contributed by atoms with Crippen molar-refractivity contribution in [2.45, 2.75) is 45.2 Å². The van der Waals surface area contributed by atoms with E-state index in [0.717, 1.165) is 18.2 Å². The molecule has 1 heterocycles. The Morgan fingerprint density at radius 3 is 2.94 bits per heavy atom. The van der Waals surface area contributed by atoms with Crippen LogP contribution in [-0.4, -0.2) is 11.0 Å². The predicted molar refractivity (Wildman–Crippen MR) is 67.5 cm³/mol. The van der Waals surface area contributed by atoms with Crippen molar-refractivity contribution in [3.8, 4) is 0 Å². The summed E-state index contributed by atoms with van der Waals surface area (Å²) < 4.78 is 0. The number of hydrogen-bond donors (Lipinski definition) is 1. The summed E-state index contributed by atoms with van der Waals surface area (Å²) in [4.78, 5) is 4.29. The molecule has 0 unspecified atom stereocenters. The lowest BCUT2D eigenvalue weighted by Gasteiger charge is -2.29. The minimum absolute atomic E-state index is 0.580. The van der Waals surface area contributed by atoms with Gasteiger partial charge in [0.1, 0.15) is 5.15 Å². The fourth-order valence-corrected chi connectivity index (χ4v) is 2.59. The molecule has 1 aromatic rings. The van der Waals surface area contributed by atoms with Crippen LogP contribution in [0.15, 0.2) is 18.2 Å². The van der Waals surface area contributed by atoms with E-state index in [1.807, 2.05) is 18.2 Å². The van der Waals surface area contributed by atoms with Gasteiger partial charge in [0.05, 0.1) is 5.69 Å². The van der Waals surface area contributed by atoms with Crippen LogP contribution in [0.1, 0.15) is 38.3 Å². The Labute approximate surface area is 102 Å². The highest BCUT2D eigenvalue weighted by Crippen LogP contribution is 2.23. The summed E-state index contributed by atoms with van der Waals surface area (Å²) in [7, 11) is 0. The summed E-state index contributed by atoms with van der Waals surface area (Å²) >= 11 is 5.86. The van der Waals surface area contributed by atoms with E-state index in [2.05, 4.69) is 17.2 Å². The average Bonchev–Trinajstić information content (AvgIpc) is 2.28. The van der Waals surface area contributed by atoms with Crippen molar-refractivity contribution in [2.24, 2.45) is 5.92 Å². The van der Waals surface area contributed by atoms with Crippen molar-refractivity contribution in [2.75, 3.05) is 0 Å². The molecular weight excluding hydrogens is 220 g/mol. The third-order valence-electron chi connectivity index (χ3n) is 3.43. The average molecular weight is 239 g/mol. The zero-order valence-corrected chi connectivity index (χ0v) is 10.5. The first-order valence-electron chi connectivity index (χ1n) is 6.10. The number of rotatable bonds is 3. The smallest absolute Gasteiger partial charge is 0.129 e. The van der Waals surface area contributed by atoms with Gasteiger partial charge < -0.3 is 5.32 Å². The van der Waals surface area contributed by atoms with Gasteiger partial charge >= 0.3 is 0 Å². The molecule has 1 aliphatic rings. The summed E-state index contributed by atoms with van der Waals surface area (Å²) in [5, 5.41) is 4.17. The van der Waals surface area contributed by atoms with Gasteiger partial charge in [0.15, 0.2) is 0 Å². The van der Waals surface area contributed by atoms with Crippen LogP contribution >= 0.6 is 11.6 Å². The zero-order chi connectivity index (χ0) is 11.4. The molecule has 1 aromatic heterocycles. The van der Waals surface area contributed by atoms with Gasteiger partial charge in [0.25, 0.3) is 0 Å². The van der Waals surface area contributed by atoms with Gasteiger partial charge in [-0.3, -0.25) is 0 Å². The van der Waals surface area contributed by atoms with E-state index >= 15 is 0 Å². The lowest BCUT2D eigenvalue weighted by molar-refractivity contribution is 0.278. The Balaban J connectivity index is 1.86. The highest BCUT2D eigenvalue weighted by atomic mass is 35.5. The van der Waals surface area contributed by atoms with Crippen molar-refractivity contribution in [1.29, 1.82) is 0 Å². The van der Waals surface area contributed by atoms with E-state index in [1.165, 1.54) is 25.7 Å². The van der Waals surface area contributed by atoms with Gasteiger partial charge in [-0.15, -0.1) is 0 Å². The molecule has 3 heteroatoms. The molecule has 0 amide bonds. The maximum atomic E-state index is 5.86. The van der Waals surface area contributed by atoms with Crippen LogP contribution in [0.5, 0.6) is 0 Å². The molecule has 0 bridgehead atoms. The van der Waals surface area contributed by atoms with Crippen LogP contribution in [-0.2, 0) is 6.54 Å². The number of pyridine rings is 1. The van der Waals surface area contributed by atoms with Gasteiger partial charge in [-0.05, 0) is 30.9 Å². The second-order valence-electron chi connectivity index (χ2n) is 4.70. The summed E-state index contributed by atoms with van der Waals surface area (Å²) in [6.45, 7) is 3.16. The van der Waals surface area contributed by atoms with Crippen molar-refractivity contribution < 1.29 is 0 Å². The molecule has 0 spiro atoms. The summed E-state index contributed by atoms with van der Waals surface area (Å²) in [5.74, 6) is 0.785. The first-order chi connectivity index (χ1) is 7.75. The molecule has 1 saturated carbocycles. The SMILES string of the molecule is C[C@H]1CCCC[C@@H]1NCc1cccc(Cl)n1. The van der Waals surface area contributed by atoms with E-state index in [-0.39, 0.29) is 0 Å². The summed E-state index contributed by atoms with van der Waals surface area (Å²) in [6.07, 6.45) is 5.38. The molecule has 1 aliphatic carbocycles. The molecule has 0 radical (unpaired) electrons. The predicted octanol–water partition coefficient (Wildman–Crippen LogP) is 3.40.